The molecule has 0 saturated heterocycles. The third kappa shape index (κ3) is 2.21. The van der Waals surface area contributed by atoms with Crippen molar-refractivity contribution in [3.63, 3.8) is 0 Å². The summed E-state index contributed by atoms with van der Waals surface area (Å²) in [4.78, 5) is 10.7. The van der Waals surface area contributed by atoms with Crippen LogP contribution in [0.2, 0.25) is 0 Å². The molecular formula is C10H18O3. The molecule has 2 atom stereocenters. The summed E-state index contributed by atoms with van der Waals surface area (Å²) in [7, 11) is 1.67. The molecule has 3 nitrogen and oxygen atoms in total. The van der Waals surface area contributed by atoms with Crippen LogP contribution in [0.5, 0.6) is 0 Å². The molecule has 0 amide bonds. The maximum Gasteiger partial charge on any atom is 0.307 e. The zero-order valence-corrected chi connectivity index (χ0v) is 8.76. The highest BCUT2D eigenvalue weighted by Gasteiger charge is 2.56. The molecule has 1 aliphatic rings. The summed E-state index contributed by atoms with van der Waals surface area (Å²) in [5.41, 5.74) is -0.260. The van der Waals surface area contributed by atoms with Crippen LogP contribution in [0.1, 0.15) is 33.6 Å². The second-order valence-corrected chi connectivity index (χ2v) is 4.89. The quantitative estimate of drug-likeness (QED) is 0.729. The van der Waals surface area contributed by atoms with Gasteiger partial charge in [0.05, 0.1) is 11.5 Å². The van der Waals surface area contributed by atoms with Crippen molar-refractivity contribution in [3.05, 3.63) is 0 Å². The normalized spacial score (nSPS) is 33.1. The predicted molar refractivity (Wildman–Crippen MR) is 49.6 cm³/mol. The monoisotopic (exact) mass is 186 g/mol. The van der Waals surface area contributed by atoms with Crippen molar-refractivity contribution in [1.29, 1.82) is 0 Å². The largest absolute Gasteiger partial charge is 0.481 e. The molecule has 3 heteroatoms. The summed E-state index contributed by atoms with van der Waals surface area (Å²) < 4.78 is 5.29. The van der Waals surface area contributed by atoms with Gasteiger partial charge in [-0.05, 0) is 32.1 Å². The molecule has 0 heterocycles. The zero-order valence-electron chi connectivity index (χ0n) is 8.76. The fourth-order valence-electron chi connectivity index (χ4n) is 2.03. The Labute approximate surface area is 79.1 Å². The van der Waals surface area contributed by atoms with E-state index in [1.54, 1.807) is 7.11 Å². The molecule has 0 radical (unpaired) electrons. The molecule has 0 aromatic carbocycles. The third-order valence-electron chi connectivity index (χ3n) is 3.03. The molecule has 2 unspecified atom stereocenters. The van der Waals surface area contributed by atoms with Crippen LogP contribution in [0.25, 0.3) is 0 Å². The number of hydrogen-bond donors (Lipinski definition) is 1. The smallest absolute Gasteiger partial charge is 0.307 e. The first-order chi connectivity index (χ1) is 5.81. The minimum Gasteiger partial charge on any atom is -0.481 e. The van der Waals surface area contributed by atoms with Crippen molar-refractivity contribution in [2.24, 2.45) is 11.3 Å². The van der Waals surface area contributed by atoms with Crippen LogP contribution >= 0.6 is 0 Å². The van der Waals surface area contributed by atoms with E-state index < -0.39 is 5.97 Å². The Balaban J connectivity index is 2.53. The number of carboxylic acid groups (broad SMARTS) is 1. The Morgan fingerprint density at radius 3 is 2.54 bits per heavy atom. The van der Waals surface area contributed by atoms with Crippen LogP contribution in [-0.2, 0) is 9.53 Å². The standard InChI is InChI=1S/C10H18O3/c1-9(2,13-4)6-10(3)5-7(10)8(11)12/h7H,5-6H2,1-4H3,(H,11,12). The van der Waals surface area contributed by atoms with Crippen LogP contribution in [0.4, 0.5) is 0 Å². The van der Waals surface area contributed by atoms with E-state index in [0.717, 1.165) is 12.8 Å². The number of carbonyl (C=O) groups is 1. The van der Waals surface area contributed by atoms with Gasteiger partial charge >= 0.3 is 5.97 Å². The first-order valence-electron chi connectivity index (χ1n) is 4.59. The number of ether oxygens (including phenoxy) is 1. The van der Waals surface area contributed by atoms with Gasteiger partial charge in [0.2, 0.25) is 0 Å². The highest BCUT2D eigenvalue weighted by Crippen LogP contribution is 2.57. The molecular weight excluding hydrogens is 168 g/mol. The molecule has 1 fully saturated rings. The van der Waals surface area contributed by atoms with Gasteiger partial charge in [-0.15, -0.1) is 0 Å². The van der Waals surface area contributed by atoms with Gasteiger partial charge in [0, 0.05) is 7.11 Å². The van der Waals surface area contributed by atoms with Gasteiger partial charge in [-0.2, -0.15) is 0 Å². The van der Waals surface area contributed by atoms with Gasteiger partial charge in [0.15, 0.2) is 0 Å². The van der Waals surface area contributed by atoms with Crippen molar-refractivity contribution in [3.8, 4) is 0 Å². The topological polar surface area (TPSA) is 46.5 Å². The molecule has 1 saturated carbocycles. The molecule has 76 valence electrons. The molecule has 0 aliphatic heterocycles. The number of rotatable bonds is 4. The Morgan fingerprint density at radius 1 is 1.69 bits per heavy atom. The van der Waals surface area contributed by atoms with E-state index >= 15 is 0 Å². The van der Waals surface area contributed by atoms with E-state index in [2.05, 4.69) is 0 Å². The number of aliphatic carboxylic acids is 1. The van der Waals surface area contributed by atoms with Crippen molar-refractivity contribution in [2.75, 3.05) is 7.11 Å². The molecule has 0 spiro atoms. The summed E-state index contributed by atoms with van der Waals surface area (Å²) in [6.45, 7) is 6.01. The third-order valence-corrected chi connectivity index (χ3v) is 3.03. The molecule has 1 rings (SSSR count). The maximum absolute atomic E-state index is 10.7. The number of carboxylic acids is 1. The lowest BCUT2D eigenvalue weighted by Crippen LogP contribution is -2.27. The van der Waals surface area contributed by atoms with Gasteiger partial charge in [-0.25, -0.2) is 0 Å². The van der Waals surface area contributed by atoms with Gasteiger partial charge in [-0.1, -0.05) is 6.92 Å². The summed E-state index contributed by atoms with van der Waals surface area (Å²) in [5, 5.41) is 8.82. The molecule has 1 aliphatic carbocycles. The Kier molecular flexibility index (Phi) is 2.41. The van der Waals surface area contributed by atoms with E-state index in [1.807, 2.05) is 20.8 Å². The van der Waals surface area contributed by atoms with Gasteiger partial charge in [0.1, 0.15) is 0 Å². The minimum absolute atomic E-state index is 0.0503. The number of hydrogen-bond acceptors (Lipinski definition) is 2. The zero-order chi connectivity index (χ0) is 10.3. The SMILES string of the molecule is COC(C)(C)CC1(C)CC1C(=O)O. The maximum atomic E-state index is 10.7. The molecule has 0 bridgehead atoms. The van der Waals surface area contributed by atoms with E-state index in [4.69, 9.17) is 9.84 Å². The summed E-state index contributed by atoms with van der Waals surface area (Å²) in [6.07, 6.45) is 1.60. The van der Waals surface area contributed by atoms with Crippen LogP contribution in [0.3, 0.4) is 0 Å². The average Bonchev–Trinajstić information content (AvgIpc) is 2.61. The minimum atomic E-state index is -0.672. The van der Waals surface area contributed by atoms with E-state index in [0.29, 0.717) is 0 Å². The first-order valence-corrected chi connectivity index (χ1v) is 4.59. The lowest BCUT2D eigenvalue weighted by atomic mass is 9.90. The molecule has 0 aromatic rings. The molecule has 13 heavy (non-hydrogen) atoms. The van der Waals surface area contributed by atoms with Crippen LogP contribution in [-0.4, -0.2) is 23.8 Å². The molecule has 0 aromatic heterocycles. The Bertz CT molecular complexity index is 222. The fraction of sp³-hybridized carbons (Fsp3) is 0.900. The van der Waals surface area contributed by atoms with E-state index in [-0.39, 0.29) is 16.9 Å². The van der Waals surface area contributed by atoms with Gasteiger partial charge < -0.3 is 9.84 Å². The van der Waals surface area contributed by atoms with Crippen molar-refractivity contribution < 1.29 is 14.6 Å². The highest BCUT2D eigenvalue weighted by atomic mass is 16.5. The van der Waals surface area contributed by atoms with Crippen LogP contribution < -0.4 is 0 Å². The number of methoxy groups -OCH3 is 1. The first kappa shape index (κ1) is 10.5. The molecule has 1 N–H and O–H groups in total. The van der Waals surface area contributed by atoms with E-state index in [1.165, 1.54) is 0 Å². The highest BCUT2D eigenvalue weighted by molar-refractivity contribution is 5.74. The van der Waals surface area contributed by atoms with Gasteiger partial charge in [-0.3, -0.25) is 4.79 Å². The van der Waals surface area contributed by atoms with E-state index in [9.17, 15) is 4.79 Å². The van der Waals surface area contributed by atoms with Gasteiger partial charge in [0.25, 0.3) is 0 Å². The second-order valence-electron chi connectivity index (χ2n) is 4.89. The van der Waals surface area contributed by atoms with Crippen molar-refractivity contribution >= 4 is 5.97 Å². The summed E-state index contributed by atoms with van der Waals surface area (Å²) >= 11 is 0. The fourth-order valence-corrected chi connectivity index (χ4v) is 2.03. The van der Waals surface area contributed by atoms with Crippen LogP contribution in [0.15, 0.2) is 0 Å². The summed E-state index contributed by atoms with van der Waals surface area (Å²) in [6, 6.07) is 0. The summed E-state index contributed by atoms with van der Waals surface area (Å²) in [5.74, 6) is -0.837. The predicted octanol–water partition coefficient (Wildman–Crippen LogP) is 1.91. The van der Waals surface area contributed by atoms with Crippen molar-refractivity contribution in [1.82, 2.24) is 0 Å². The van der Waals surface area contributed by atoms with Crippen molar-refractivity contribution in [2.45, 2.75) is 39.2 Å². The van der Waals surface area contributed by atoms with Crippen LogP contribution in [0, 0.1) is 11.3 Å². The second kappa shape index (κ2) is 2.98. The average molecular weight is 186 g/mol. The Morgan fingerprint density at radius 2 is 2.23 bits per heavy atom. The lowest BCUT2D eigenvalue weighted by molar-refractivity contribution is -0.139. The Hall–Kier alpha value is -0.570. The lowest BCUT2D eigenvalue weighted by Gasteiger charge is -2.26.